The van der Waals surface area contributed by atoms with Crippen LogP contribution in [0.15, 0.2) is 12.2 Å². The van der Waals surface area contributed by atoms with Gasteiger partial charge in [0.15, 0.2) is 5.60 Å². The number of rotatable bonds is 4. The summed E-state index contributed by atoms with van der Waals surface area (Å²) < 4.78 is 35.0. The van der Waals surface area contributed by atoms with E-state index in [9.17, 15) is 13.9 Å². The second kappa shape index (κ2) is 4.82. The Morgan fingerprint density at radius 1 is 1.57 bits per heavy atom. The first-order valence-electron chi connectivity index (χ1n) is 4.37. The number of methoxy groups -OCH3 is 1. The van der Waals surface area contributed by atoms with Crippen LogP contribution < -0.4 is 0 Å². The van der Waals surface area contributed by atoms with Crippen molar-refractivity contribution in [2.24, 2.45) is 0 Å². The number of alkyl halides is 2. The number of hydrogen-bond donors (Lipinski definition) is 1. The molecule has 82 valence electrons. The van der Waals surface area contributed by atoms with Gasteiger partial charge in [-0.2, -0.15) is 0 Å². The van der Waals surface area contributed by atoms with E-state index in [1.807, 2.05) is 0 Å². The molecule has 0 spiro atoms. The fourth-order valence-electron chi connectivity index (χ4n) is 1.45. The summed E-state index contributed by atoms with van der Waals surface area (Å²) in [6.45, 7) is -0.241. The minimum Gasteiger partial charge on any atom is -0.390 e. The van der Waals surface area contributed by atoms with Crippen molar-refractivity contribution in [3.8, 4) is 0 Å². The highest BCUT2D eigenvalue weighted by Crippen LogP contribution is 2.34. The van der Waals surface area contributed by atoms with E-state index in [1.165, 1.54) is 7.11 Å². The van der Waals surface area contributed by atoms with Crippen LogP contribution in [0.3, 0.4) is 0 Å². The van der Waals surface area contributed by atoms with Crippen molar-refractivity contribution in [2.75, 3.05) is 13.9 Å². The molecule has 0 aliphatic heterocycles. The van der Waals surface area contributed by atoms with E-state index < -0.39 is 18.1 Å². The molecule has 0 aromatic heterocycles. The summed E-state index contributed by atoms with van der Waals surface area (Å²) in [6.07, 6.45) is -0.445. The second-order valence-corrected chi connectivity index (χ2v) is 3.23. The molecular weight excluding hydrogens is 194 g/mol. The lowest BCUT2D eigenvalue weighted by atomic mass is 9.86. The molecule has 1 aliphatic carbocycles. The highest BCUT2D eigenvalue weighted by Gasteiger charge is 2.47. The molecule has 0 fully saturated rings. The Hall–Kier alpha value is -0.520. The maximum absolute atomic E-state index is 12.8. The lowest BCUT2D eigenvalue weighted by Gasteiger charge is -2.37. The van der Waals surface area contributed by atoms with Crippen molar-refractivity contribution in [1.82, 2.24) is 0 Å². The number of aliphatic hydroxyl groups excluding tert-OH is 1. The Kier molecular flexibility index (Phi) is 3.97. The highest BCUT2D eigenvalue weighted by atomic mass is 19.3. The third-order valence-electron chi connectivity index (χ3n) is 2.34. The van der Waals surface area contributed by atoms with Crippen LogP contribution in [0.2, 0.25) is 0 Å². The summed E-state index contributed by atoms with van der Waals surface area (Å²) in [7, 11) is 1.35. The van der Waals surface area contributed by atoms with E-state index in [0.29, 0.717) is 0 Å². The van der Waals surface area contributed by atoms with E-state index >= 15 is 0 Å². The molecule has 0 radical (unpaired) electrons. The van der Waals surface area contributed by atoms with Gasteiger partial charge in [0.1, 0.15) is 6.79 Å². The van der Waals surface area contributed by atoms with Crippen molar-refractivity contribution in [3.05, 3.63) is 12.2 Å². The van der Waals surface area contributed by atoms with E-state index in [0.717, 1.165) is 0 Å². The molecule has 1 N–H and O–H groups in total. The van der Waals surface area contributed by atoms with Crippen LogP contribution in [0.4, 0.5) is 8.78 Å². The molecule has 2 unspecified atom stereocenters. The molecule has 0 saturated carbocycles. The van der Waals surface area contributed by atoms with Crippen LogP contribution >= 0.6 is 0 Å². The number of halogens is 2. The van der Waals surface area contributed by atoms with Gasteiger partial charge in [-0.1, -0.05) is 12.2 Å². The van der Waals surface area contributed by atoms with Crippen LogP contribution in [0.5, 0.6) is 0 Å². The number of aliphatic hydroxyl groups is 1. The first-order valence-corrected chi connectivity index (χ1v) is 4.37. The summed E-state index contributed by atoms with van der Waals surface area (Å²) in [5.41, 5.74) is -1.80. The van der Waals surface area contributed by atoms with Crippen LogP contribution in [-0.2, 0) is 9.47 Å². The number of hydrogen-bond acceptors (Lipinski definition) is 3. The Morgan fingerprint density at radius 3 is 2.79 bits per heavy atom. The third kappa shape index (κ3) is 2.10. The van der Waals surface area contributed by atoms with Crippen molar-refractivity contribution < 1.29 is 23.4 Å². The Morgan fingerprint density at radius 2 is 2.29 bits per heavy atom. The number of ether oxygens (including phenoxy) is 2. The molecule has 0 amide bonds. The second-order valence-electron chi connectivity index (χ2n) is 3.23. The molecule has 5 heteroatoms. The molecule has 0 bridgehead atoms. The molecule has 0 aromatic carbocycles. The Bertz CT molecular complexity index is 208. The first-order chi connectivity index (χ1) is 6.63. The SMILES string of the molecule is COCOC1(C(F)F)CC=CCC1O. The highest BCUT2D eigenvalue weighted by molar-refractivity contribution is 5.06. The molecule has 1 rings (SSSR count). The normalized spacial score (nSPS) is 32.5. The Balaban J connectivity index is 2.74. The van der Waals surface area contributed by atoms with Crippen molar-refractivity contribution >= 4 is 0 Å². The largest absolute Gasteiger partial charge is 0.390 e. The fraction of sp³-hybridized carbons (Fsp3) is 0.778. The van der Waals surface area contributed by atoms with Crippen molar-refractivity contribution in [2.45, 2.75) is 31.0 Å². The molecule has 14 heavy (non-hydrogen) atoms. The quantitative estimate of drug-likeness (QED) is 0.559. The van der Waals surface area contributed by atoms with Crippen LogP contribution in [0.1, 0.15) is 12.8 Å². The minimum absolute atomic E-state index is 0.00912. The monoisotopic (exact) mass is 208 g/mol. The molecule has 0 saturated heterocycles. The topological polar surface area (TPSA) is 38.7 Å². The first kappa shape index (κ1) is 11.6. The predicted molar refractivity (Wildman–Crippen MR) is 46.1 cm³/mol. The van der Waals surface area contributed by atoms with Crippen LogP contribution in [0.25, 0.3) is 0 Å². The molecule has 3 nitrogen and oxygen atoms in total. The van der Waals surface area contributed by atoms with Crippen molar-refractivity contribution in [1.29, 1.82) is 0 Å². The van der Waals surface area contributed by atoms with E-state index in [-0.39, 0.29) is 19.6 Å². The average Bonchev–Trinajstić information content (AvgIpc) is 2.16. The summed E-state index contributed by atoms with van der Waals surface area (Å²) in [4.78, 5) is 0. The standard InChI is InChI=1S/C9H14F2O3/c1-13-6-14-9(8(10)11)5-3-2-4-7(9)12/h2-3,7-8,12H,4-6H2,1H3. The lowest BCUT2D eigenvalue weighted by Crippen LogP contribution is -2.52. The third-order valence-corrected chi connectivity index (χ3v) is 2.34. The summed E-state index contributed by atoms with van der Waals surface area (Å²) in [6, 6.07) is 0. The zero-order valence-electron chi connectivity index (χ0n) is 7.95. The maximum atomic E-state index is 12.8. The van der Waals surface area contributed by atoms with E-state index in [2.05, 4.69) is 4.74 Å². The molecule has 2 atom stereocenters. The van der Waals surface area contributed by atoms with Gasteiger partial charge >= 0.3 is 0 Å². The zero-order valence-corrected chi connectivity index (χ0v) is 7.95. The minimum atomic E-state index is -2.72. The van der Waals surface area contributed by atoms with Crippen LogP contribution in [0, 0.1) is 0 Å². The van der Waals surface area contributed by atoms with Gasteiger partial charge in [0.2, 0.25) is 0 Å². The van der Waals surface area contributed by atoms with Gasteiger partial charge in [0.25, 0.3) is 6.43 Å². The van der Waals surface area contributed by atoms with Gasteiger partial charge in [-0.3, -0.25) is 0 Å². The Labute approximate surface area is 81.3 Å². The van der Waals surface area contributed by atoms with Crippen molar-refractivity contribution in [3.63, 3.8) is 0 Å². The zero-order chi connectivity index (χ0) is 10.6. The van der Waals surface area contributed by atoms with Gasteiger partial charge in [-0.25, -0.2) is 8.78 Å². The summed E-state index contributed by atoms with van der Waals surface area (Å²) in [5.74, 6) is 0. The van der Waals surface area contributed by atoms with Gasteiger partial charge in [-0.15, -0.1) is 0 Å². The lowest BCUT2D eigenvalue weighted by molar-refractivity contribution is -0.230. The molecular formula is C9H14F2O3. The summed E-state index contributed by atoms with van der Waals surface area (Å²) in [5, 5.41) is 9.50. The summed E-state index contributed by atoms with van der Waals surface area (Å²) >= 11 is 0. The van der Waals surface area contributed by atoms with E-state index in [4.69, 9.17) is 4.74 Å². The van der Waals surface area contributed by atoms with Gasteiger partial charge in [-0.05, 0) is 6.42 Å². The maximum Gasteiger partial charge on any atom is 0.270 e. The van der Waals surface area contributed by atoms with Gasteiger partial charge < -0.3 is 14.6 Å². The molecule has 0 aromatic rings. The average molecular weight is 208 g/mol. The van der Waals surface area contributed by atoms with Gasteiger partial charge in [0.05, 0.1) is 6.10 Å². The van der Waals surface area contributed by atoms with Gasteiger partial charge in [0, 0.05) is 13.5 Å². The predicted octanol–water partition coefficient (Wildman–Crippen LogP) is 1.32. The fourth-order valence-corrected chi connectivity index (χ4v) is 1.45. The molecule has 1 aliphatic rings. The van der Waals surface area contributed by atoms with E-state index in [1.54, 1.807) is 12.2 Å². The molecule has 0 heterocycles. The van der Waals surface area contributed by atoms with Crippen LogP contribution in [-0.4, -0.2) is 37.1 Å². The smallest absolute Gasteiger partial charge is 0.270 e.